The minimum absolute atomic E-state index is 0.0269. The maximum absolute atomic E-state index is 13.3. The molecule has 2 saturated carbocycles. The zero-order chi connectivity index (χ0) is 25.5. The molecule has 0 aromatic heterocycles. The number of aliphatic hydroxyl groups is 1. The van der Waals surface area contributed by atoms with Gasteiger partial charge in [-0.25, -0.2) is 0 Å². The summed E-state index contributed by atoms with van der Waals surface area (Å²) < 4.78 is 6.60. The Morgan fingerprint density at radius 2 is 2.05 bits per heavy atom. The standard InChI is InChI=1S/C31H34N2O4/c1-19-4-3-5-20(16-19)8-11-26(35)32(2)23-12-13-31(36)25-17-22-9-10-24(34)28-27(22)30(31,29(23)37-28)14-15-33(25)18-21-6-7-21/h3-5,9-10,16,21,23,25,29,34,36H,6-7,12-15,17-18H2,1-2H3/t23-,25-,29-,30-,31+/m0/s1. The molecule has 3 fully saturated rings. The highest BCUT2D eigenvalue weighted by molar-refractivity contribution is 5.94. The number of aryl methyl sites for hydroxylation is 1. The van der Waals surface area contributed by atoms with Crippen molar-refractivity contribution in [2.45, 2.75) is 74.7 Å². The van der Waals surface area contributed by atoms with E-state index in [0.717, 1.165) is 48.5 Å². The van der Waals surface area contributed by atoms with Crippen LogP contribution in [0.4, 0.5) is 0 Å². The van der Waals surface area contributed by atoms with Crippen LogP contribution in [0.15, 0.2) is 36.4 Å². The summed E-state index contributed by atoms with van der Waals surface area (Å²) in [6.45, 7) is 3.95. The van der Waals surface area contributed by atoms with E-state index in [2.05, 4.69) is 16.7 Å². The van der Waals surface area contributed by atoms with Gasteiger partial charge < -0.3 is 19.8 Å². The summed E-state index contributed by atoms with van der Waals surface area (Å²) in [5.41, 5.74) is 2.48. The molecule has 2 heterocycles. The van der Waals surface area contributed by atoms with Crippen molar-refractivity contribution in [2.75, 3.05) is 20.1 Å². The number of likely N-dealkylation sites (tertiary alicyclic amines) is 1. The van der Waals surface area contributed by atoms with Crippen LogP contribution in [0.5, 0.6) is 11.5 Å². The zero-order valence-electron chi connectivity index (χ0n) is 21.5. The van der Waals surface area contributed by atoms with E-state index in [1.165, 1.54) is 18.4 Å². The van der Waals surface area contributed by atoms with Crippen LogP contribution in [0.2, 0.25) is 0 Å². The van der Waals surface area contributed by atoms with Gasteiger partial charge in [0.25, 0.3) is 5.91 Å². The van der Waals surface area contributed by atoms with E-state index in [4.69, 9.17) is 4.74 Å². The summed E-state index contributed by atoms with van der Waals surface area (Å²) in [7, 11) is 1.80. The minimum Gasteiger partial charge on any atom is -0.504 e. The van der Waals surface area contributed by atoms with Gasteiger partial charge in [-0.1, -0.05) is 24.1 Å². The molecule has 1 amide bonds. The fraction of sp³-hybridized carbons (Fsp3) is 0.516. The normalized spacial score (nSPS) is 33.1. The van der Waals surface area contributed by atoms with Crippen LogP contribution in [-0.4, -0.2) is 69.8 Å². The molecule has 1 spiro atoms. The summed E-state index contributed by atoms with van der Waals surface area (Å²) in [6, 6.07) is 11.4. The molecule has 2 bridgehead atoms. The highest BCUT2D eigenvalue weighted by Crippen LogP contribution is 2.66. The average Bonchev–Trinajstić information content (AvgIpc) is 3.62. The molecule has 192 valence electrons. The number of hydrogen-bond acceptors (Lipinski definition) is 5. The van der Waals surface area contributed by atoms with Crippen LogP contribution < -0.4 is 4.74 Å². The van der Waals surface area contributed by atoms with Crippen molar-refractivity contribution in [1.29, 1.82) is 0 Å². The zero-order valence-corrected chi connectivity index (χ0v) is 21.5. The fourth-order valence-electron chi connectivity index (χ4n) is 7.94. The second-order valence-corrected chi connectivity index (χ2v) is 11.9. The Hall–Kier alpha value is -3.01. The Labute approximate surface area is 218 Å². The molecule has 2 aliphatic heterocycles. The molecule has 2 aromatic rings. The topological polar surface area (TPSA) is 73.2 Å². The summed E-state index contributed by atoms with van der Waals surface area (Å²) in [6.07, 6.45) is 4.90. The lowest BCUT2D eigenvalue weighted by Crippen LogP contribution is -2.78. The summed E-state index contributed by atoms with van der Waals surface area (Å²) in [5, 5.41) is 23.4. The molecule has 0 radical (unpaired) electrons. The molecule has 7 rings (SSSR count). The molecule has 1 saturated heterocycles. The van der Waals surface area contributed by atoms with Gasteiger partial charge >= 0.3 is 0 Å². The molecule has 5 aliphatic rings. The van der Waals surface area contributed by atoms with E-state index >= 15 is 0 Å². The number of ether oxygens (including phenoxy) is 1. The van der Waals surface area contributed by atoms with Crippen molar-refractivity contribution in [3.63, 3.8) is 0 Å². The van der Waals surface area contributed by atoms with E-state index < -0.39 is 17.1 Å². The monoisotopic (exact) mass is 498 g/mol. The van der Waals surface area contributed by atoms with Gasteiger partial charge in [0, 0.05) is 36.7 Å². The van der Waals surface area contributed by atoms with Gasteiger partial charge in [-0.05, 0) is 87.2 Å². The molecule has 5 atom stereocenters. The number of nitrogens with zero attached hydrogens (tertiary/aromatic N) is 2. The molecular weight excluding hydrogens is 464 g/mol. The highest BCUT2D eigenvalue weighted by atomic mass is 16.5. The van der Waals surface area contributed by atoms with Crippen molar-refractivity contribution in [1.82, 2.24) is 9.80 Å². The van der Waals surface area contributed by atoms with Gasteiger partial charge in [0.05, 0.1) is 17.1 Å². The quantitative estimate of drug-likeness (QED) is 0.637. The van der Waals surface area contributed by atoms with Crippen LogP contribution >= 0.6 is 0 Å². The van der Waals surface area contributed by atoms with E-state index in [0.29, 0.717) is 18.6 Å². The predicted octanol–water partition coefficient (Wildman–Crippen LogP) is 3.14. The third-order valence-electron chi connectivity index (χ3n) is 9.88. The number of benzene rings is 2. The number of carbonyl (C=O) groups is 1. The van der Waals surface area contributed by atoms with E-state index in [1.54, 1.807) is 18.0 Å². The SMILES string of the molecule is Cc1cccc(C#CC(=O)N(C)[C@H]2CC[C@@]3(O)[C@@H]4Cc5ccc(O)c6c5[C@@]3(CCN4CC3CC3)[C@H]2O6)c1. The van der Waals surface area contributed by atoms with Crippen molar-refractivity contribution in [2.24, 2.45) is 5.92 Å². The number of piperidine rings is 1. The molecule has 6 nitrogen and oxygen atoms in total. The number of carbonyl (C=O) groups excluding carboxylic acids is 1. The van der Waals surface area contributed by atoms with Gasteiger partial charge in [-0.3, -0.25) is 9.69 Å². The highest BCUT2D eigenvalue weighted by Gasteiger charge is 2.73. The van der Waals surface area contributed by atoms with Crippen LogP contribution in [0.3, 0.4) is 0 Å². The van der Waals surface area contributed by atoms with Crippen molar-refractivity contribution < 1.29 is 19.7 Å². The first kappa shape index (κ1) is 23.1. The van der Waals surface area contributed by atoms with Crippen molar-refractivity contribution in [3.05, 3.63) is 58.7 Å². The van der Waals surface area contributed by atoms with Gasteiger partial charge in [-0.15, -0.1) is 0 Å². The second kappa shape index (κ2) is 7.99. The first-order valence-corrected chi connectivity index (χ1v) is 13.7. The first-order chi connectivity index (χ1) is 17.8. The number of phenols is 1. The first-order valence-electron chi connectivity index (χ1n) is 13.7. The van der Waals surface area contributed by atoms with Gasteiger partial charge in [-0.2, -0.15) is 0 Å². The van der Waals surface area contributed by atoms with Gasteiger partial charge in [0.2, 0.25) is 0 Å². The smallest absolute Gasteiger partial charge is 0.298 e. The lowest BCUT2D eigenvalue weighted by Gasteiger charge is -2.64. The summed E-state index contributed by atoms with van der Waals surface area (Å²) in [4.78, 5) is 17.5. The Kier molecular flexibility index (Phi) is 5.00. The number of rotatable bonds is 3. The number of amides is 1. The largest absolute Gasteiger partial charge is 0.504 e. The Bertz CT molecular complexity index is 1360. The third-order valence-corrected chi connectivity index (χ3v) is 9.88. The Balaban J connectivity index is 1.26. The predicted molar refractivity (Wildman–Crippen MR) is 139 cm³/mol. The number of likely N-dealkylation sites (N-methyl/N-ethyl adjacent to an activating group) is 1. The number of aromatic hydroxyl groups is 1. The van der Waals surface area contributed by atoms with Crippen LogP contribution in [0.1, 0.15) is 54.4 Å². The maximum Gasteiger partial charge on any atom is 0.298 e. The minimum atomic E-state index is -0.954. The van der Waals surface area contributed by atoms with Gasteiger partial charge in [0.15, 0.2) is 11.5 Å². The number of hydrogen-bond donors (Lipinski definition) is 2. The van der Waals surface area contributed by atoms with Crippen molar-refractivity contribution in [3.8, 4) is 23.3 Å². The number of phenolic OH excluding ortho intramolecular Hbond substituents is 1. The maximum atomic E-state index is 13.3. The van der Waals surface area contributed by atoms with Crippen LogP contribution in [-0.2, 0) is 16.6 Å². The summed E-state index contributed by atoms with van der Waals surface area (Å²) in [5.74, 6) is 6.98. The Morgan fingerprint density at radius 3 is 2.84 bits per heavy atom. The molecule has 2 aromatic carbocycles. The molecule has 3 aliphatic carbocycles. The molecular formula is C31H34N2O4. The average molecular weight is 499 g/mol. The third kappa shape index (κ3) is 3.23. The fourth-order valence-corrected chi connectivity index (χ4v) is 7.94. The van der Waals surface area contributed by atoms with Crippen molar-refractivity contribution >= 4 is 5.91 Å². The lowest BCUT2D eigenvalue weighted by molar-refractivity contribution is -0.199. The second-order valence-electron chi connectivity index (χ2n) is 11.9. The molecule has 2 N–H and O–H groups in total. The van der Waals surface area contributed by atoms with E-state index in [1.807, 2.05) is 37.3 Å². The van der Waals surface area contributed by atoms with Gasteiger partial charge in [0.1, 0.15) is 6.10 Å². The van der Waals surface area contributed by atoms with Crippen LogP contribution in [0.25, 0.3) is 0 Å². The molecule has 37 heavy (non-hydrogen) atoms. The van der Waals surface area contributed by atoms with Crippen LogP contribution in [0, 0.1) is 24.7 Å². The molecule has 0 unspecified atom stereocenters. The molecule has 6 heteroatoms. The lowest BCUT2D eigenvalue weighted by atomic mass is 9.48. The summed E-state index contributed by atoms with van der Waals surface area (Å²) >= 11 is 0. The van der Waals surface area contributed by atoms with E-state index in [-0.39, 0.29) is 23.7 Å². The van der Waals surface area contributed by atoms with E-state index in [9.17, 15) is 15.0 Å². The Morgan fingerprint density at radius 1 is 1.22 bits per heavy atom.